The number of carbonyl (C=O) groups is 6. The number of carbonyl (C=O) groups excluding carboxylic acids is 3. The molecule has 0 bridgehead atoms. The zero-order valence-corrected chi connectivity index (χ0v) is 24.2. The van der Waals surface area contributed by atoms with E-state index in [1.54, 1.807) is 0 Å². The van der Waals surface area contributed by atoms with Gasteiger partial charge in [-0.2, -0.15) is 0 Å². The smallest absolute Gasteiger partial charge is 0.550 e. The third-order valence-corrected chi connectivity index (χ3v) is 2.54. The molecule has 0 spiro atoms. The average Bonchev–Trinajstić information content (AvgIpc) is 2.34. The van der Waals surface area contributed by atoms with E-state index in [2.05, 4.69) is 0 Å². The molecule has 0 amide bonds. The molecule has 0 aromatic heterocycles. The van der Waals surface area contributed by atoms with E-state index in [9.17, 15) is 44.1 Å². The van der Waals surface area contributed by atoms with Gasteiger partial charge in [-0.3, -0.25) is 9.59 Å². The van der Waals surface area contributed by atoms with E-state index in [1.807, 2.05) is 0 Å². The summed E-state index contributed by atoms with van der Waals surface area (Å²) in [6.45, 7) is 0. The molecule has 0 aliphatic carbocycles. The van der Waals surface area contributed by atoms with E-state index in [0.29, 0.717) is 0 Å². The molecule has 0 heterocycles. The Labute approximate surface area is 250 Å². The summed E-state index contributed by atoms with van der Waals surface area (Å²) in [6.07, 6.45) is -5.00. The molecule has 30 heavy (non-hydrogen) atoms. The molecule has 0 atom stereocenters. The van der Waals surface area contributed by atoms with Crippen molar-refractivity contribution in [1.29, 1.82) is 0 Å². The Morgan fingerprint density at radius 3 is 1.00 bits per heavy atom. The number of aliphatic hydroxyl groups is 2. The van der Waals surface area contributed by atoms with Crippen LogP contribution in [0.2, 0.25) is 0 Å². The van der Waals surface area contributed by atoms with Gasteiger partial charge in [-0.1, -0.05) is 0 Å². The molecule has 18 heteroatoms. The van der Waals surface area contributed by atoms with Gasteiger partial charge >= 0.3 is 107 Å². The van der Waals surface area contributed by atoms with Crippen molar-refractivity contribution in [3.8, 4) is 0 Å². The quantitative estimate of drug-likeness (QED) is 0.138. The maximum atomic E-state index is 10.3. The molecule has 1 radical (unpaired) electrons. The summed E-state index contributed by atoms with van der Waals surface area (Å²) < 4.78 is 0. The van der Waals surface area contributed by atoms with Gasteiger partial charge in [0, 0.05) is 47.2 Å². The number of hydrogen-bond donors (Lipinski definition) is 5. The van der Waals surface area contributed by atoms with E-state index >= 15 is 0 Å². The number of hydrogen-bond acceptors (Lipinski definition) is 11. The van der Waals surface area contributed by atoms with Crippen LogP contribution in [0.25, 0.3) is 0 Å². The summed E-state index contributed by atoms with van der Waals surface area (Å²) in [5.41, 5.74) is -5.71. The largest absolute Gasteiger partial charge is 1.00 e. The maximum Gasteiger partial charge on any atom is 1.00 e. The molecule has 0 aliphatic heterocycles. The minimum atomic E-state index is -2.97. The molecule has 0 aliphatic rings. The fourth-order valence-electron chi connectivity index (χ4n) is 1.40. The summed E-state index contributed by atoms with van der Waals surface area (Å²) in [7, 11) is 0. The van der Waals surface area contributed by atoms with Crippen molar-refractivity contribution in [3.63, 3.8) is 0 Å². The van der Waals surface area contributed by atoms with Crippen molar-refractivity contribution < 1.29 is 181 Å². The predicted molar refractivity (Wildman–Crippen MR) is 66.3 cm³/mol. The molecule has 0 aromatic rings. The van der Waals surface area contributed by atoms with E-state index < -0.39 is 72.7 Å². The van der Waals surface area contributed by atoms with Gasteiger partial charge in [-0.15, -0.1) is 0 Å². The maximum absolute atomic E-state index is 10.3. The minimum Gasteiger partial charge on any atom is -0.550 e. The monoisotopic (exact) mass is 647 g/mol. The first-order chi connectivity index (χ1) is 11.6. The van der Waals surface area contributed by atoms with Gasteiger partial charge in [0.15, 0.2) is 5.60 Å². The van der Waals surface area contributed by atoms with E-state index in [1.165, 1.54) is 0 Å². The van der Waals surface area contributed by atoms with Crippen LogP contribution in [0, 0.1) is 0 Å². The van der Waals surface area contributed by atoms with Crippen LogP contribution in [0.4, 0.5) is 0 Å². The molecule has 159 valence electrons. The van der Waals surface area contributed by atoms with Gasteiger partial charge < -0.3 is 55.2 Å². The zero-order chi connectivity index (χ0) is 21.3. The van der Waals surface area contributed by atoms with Gasteiger partial charge in [0.05, 0.1) is 18.8 Å². The average molecular weight is 647 g/mol. The summed E-state index contributed by atoms with van der Waals surface area (Å²) in [4.78, 5) is 60.5. The van der Waals surface area contributed by atoms with Gasteiger partial charge in [0.1, 0.15) is 5.60 Å². The Bertz CT molecular complexity index is 527. The number of rotatable bonds is 10. The first-order valence-corrected chi connectivity index (χ1v) is 6.28. The van der Waals surface area contributed by atoms with Crippen LogP contribution >= 0.6 is 0 Å². The predicted octanol–water partition coefficient (Wildman–Crippen LogP) is -15.5. The fourth-order valence-corrected chi connectivity index (χ4v) is 1.40. The SMILES string of the molecule is O=C(O)CC(O)(CC(=O)O)C(=O)O.O=C([O-])CC(O)(CC(=O)[O-])C(=O)[O-].[Au].[Na+].[Na+].[Na+]. The van der Waals surface area contributed by atoms with E-state index in [4.69, 9.17) is 25.5 Å². The first-order valence-electron chi connectivity index (χ1n) is 6.28. The molecule has 0 fully saturated rings. The normalized spacial score (nSPS) is 9.40. The van der Waals surface area contributed by atoms with Crippen LogP contribution in [0.5, 0.6) is 0 Å². The minimum absolute atomic E-state index is 0. The molecule has 0 aromatic carbocycles. The number of carboxylic acids is 6. The Hall–Kier alpha value is 0.480. The van der Waals surface area contributed by atoms with Crippen LogP contribution in [0.15, 0.2) is 0 Å². The van der Waals surface area contributed by atoms with Crippen LogP contribution in [-0.4, -0.2) is 72.6 Å². The first kappa shape index (κ1) is 44.2. The van der Waals surface area contributed by atoms with Gasteiger partial charge in [-0.05, 0) is 0 Å². The van der Waals surface area contributed by atoms with Crippen molar-refractivity contribution >= 4 is 35.8 Å². The van der Waals surface area contributed by atoms with Gasteiger partial charge in [0.25, 0.3) is 0 Å². The second-order valence-corrected chi connectivity index (χ2v) is 4.89. The molecular weight excluding hydrogens is 634 g/mol. The molecule has 0 saturated heterocycles. The molecule has 0 rings (SSSR count). The Morgan fingerprint density at radius 2 is 0.867 bits per heavy atom. The summed E-state index contributed by atoms with van der Waals surface area (Å²) >= 11 is 0. The number of aliphatic carboxylic acids is 6. The zero-order valence-electron chi connectivity index (χ0n) is 16.0. The van der Waals surface area contributed by atoms with Crippen molar-refractivity contribution in [1.82, 2.24) is 0 Å². The third kappa shape index (κ3) is 20.4. The van der Waals surface area contributed by atoms with Crippen LogP contribution in [-0.2, 0) is 51.1 Å². The van der Waals surface area contributed by atoms with Crippen molar-refractivity contribution in [2.75, 3.05) is 0 Å². The molecule has 14 nitrogen and oxygen atoms in total. The van der Waals surface area contributed by atoms with E-state index in [0.717, 1.165) is 0 Å². The van der Waals surface area contributed by atoms with Gasteiger partial charge in [-0.25, -0.2) is 4.79 Å². The topological polar surface area (TPSA) is 273 Å². The summed E-state index contributed by atoms with van der Waals surface area (Å²) in [5.74, 6) is -11.0. The second-order valence-electron chi connectivity index (χ2n) is 4.89. The van der Waals surface area contributed by atoms with Crippen LogP contribution in [0.1, 0.15) is 25.7 Å². The Balaban J connectivity index is -0.0000000847. The molecular formula is C12H13AuNa3O14. The number of carboxylic acid groups (broad SMARTS) is 6. The Morgan fingerprint density at radius 1 is 0.600 bits per heavy atom. The standard InChI is InChI=1S/2C6H8O7.Au.3Na/c2*7-3(8)1-6(13,5(11)12)2-4(9)10;;;;/h2*13H,1-2H2,(H,7,8)(H,9,10)(H,11,12);;;;/q;;;3*+1/p-3. The van der Waals surface area contributed by atoms with E-state index in [-0.39, 0.29) is 111 Å². The fraction of sp³-hybridized carbons (Fsp3) is 0.500. The molecule has 0 unspecified atom stereocenters. The molecule has 5 N–H and O–H groups in total. The molecule has 0 saturated carbocycles. The summed E-state index contributed by atoms with van der Waals surface area (Å²) in [5, 5.41) is 72.7. The van der Waals surface area contributed by atoms with Crippen LogP contribution in [0.3, 0.4) is 0 Å². The Kier molecular flexibility index (Phi) is 29.6. The summed E-state index contributed by atoms with van der Waals surface area (Å²) in [6, 6.07) is 0. The van der Waals surface area contributed by atoms with Crippen molar-refractivity contribution in [2.45, 2.75) is 36.9 Å². The van der Waals surface area contributed by atoms with Gasteiger partial charge in [0.2, 0.25) is 0 Å². The van der Waals surface area contributed by atoms with Crippen molar-refractivity contribution in [3.05, 3.63) is 0 Å². The third-order valence-electron chi connectivity index (χ3n) is 2.54. The van der Waals surface area contributed by atoms with Crippen molar-refractivity contribution in [2.24, 2.45) is 0 Å². The second kappa shape index (κ2) is 20.1. The van der Waals surface area contributed by atoms with Crippen LogP contribution < -0.4 is 104 Å².